The summed E-state index contributed by atoms with van der Waals surface area (Å²) >= 11 is 11.4. The zero-order chi connectivity index (χ0) is 33.7. The van der Waals surface area contributed by atoms with Gasteiger partial charge in [-0.05, 0) is 75.5 Å². The number of ether oxygens (including phenoxy) is 3. The molecule has 0 radical (unpaired) electrons. The van der Waals surface area contributed by atoms with Gasteiger partial charge in [0, 0.05) is 69.1 Å². The molecule has 0 spiro atoms. The molecule has 2 saturated heterocycles. The van der Waals surface area contributed by atoms with E-state index in [0.29, 0.717) is 51.0 Å². The lowest BCUT2D eigenvalue weighted by Gasteiger charge is -2.32. The SMILES string of the molecule is CC.COCCN(CCOC)C(=O)NCC(=O)N1CCC(c2ncccc2OCCN2CCCC2)CC1.Cc1ccc(Cl)cc1Cl. The number of hydrogen-bond acceptors (Lipinski definition) is 7. The molecule has 3 amide bonds. The lowest BCUT2D eigenvalue weighted by Crippen LogP contribution is -2.48. The number of nitrogens with zero attached hydrogens (tertiary/aromatic N) is 4. The van der Waals surface area contributed by atoms with Gasteiger partial charge in [-0.1, -0.05) is 43.1 Å². The normalized spacial score (nSPS) is 14.9. The Labute approximate surface area is 285 Å². The predicted molar refractivity (Wildman–Crippen MR) is 185 cm³/mol. The van der Waals surface area contributed by atoms with Crippen molar-refractivity contribution in [3.05, 3.63) is 57.8 Å². The smallest absolute Gasteiger partial charge is 0.317 e. The van der Waals surface area contributed by atoms with E-state index in [2.05, 4.69) is 15.2 Å². The number of urea groups is 1. The topological polar surface area (TPSA) is 96.5 Å². The van der Waals surface area contributed by atoms with Crippen molar-refractivity contribution in [2.24, 2.45) is 0 Å². The zero-order valence-corrected chi connectivity index (χ0v) is 29.7. The summed E-state index contributed by atoms with van der Waals surface area (Å²) in [4.78, 5) is 35.7. The second kappa shape index (κ2) is 22.8. The second-order valence-corrected chi connectivity index (χ2v) is 11.8. The molecule has 0 unspecified atom stereocenters. The number of aryl methyl sites for hydroxylation is 1. The van der Waals surface area contributed by atoms with Crippen LogP contribution in [0.3, 0.4) is 0 Å². The number of methoxy groups -OCH3 is 2. The quantitative estimate of drug-likeness (QED) is 0.281. The molecule has 0 saturated carbocycles. The minimum atomic E-state index is -0.286. The van der Waals surface area contributed by atoms with Crippen molar-refractivity contribution in [1.29, 1.82) is 0 Å². The molecule has 0 bridgehead atoms. The van der Waals surface area contributed by atoms with Gasteiger partial charge in [0.2, 0.25) is 5.91 Å². The summed E-state index contributed by atoms with van der Waals surface area (Å²) in [5.41, 5.74) is 2.04. The Morgan fingerprint density at radius 1 is 0.978 bits per heavy atom. The van der Waals surface area contributed by atoms with E-state index >= 15 is 0 Å². The standard InChI is InChI=1S/C25H41N5O5.C7H6Cl2.C2H6/c1-33-17-15-30(16-18-34-2)25(32)27-20-23(31)29-12-7-21(8-13-29)24-22(6-5-9-26-24)35-19-14-28-10-3-4-11-28;1-5-2-3-6(8)4-7(5)9;1-2/h5-6,9,21H,3-4,7-8,10-20H2,1-2H3,(H,27,32);2-4H,1H3;1-2H3. The first-order chi connectivity index (χ1) is 22.3. The molecule has 0 atom stereocenters. The summed E-state index contributed by atoms with van der Waals surface area (Å²) in [5.74, 6) is 1.05. The number of aromatic nitrogens is 1. The van der Waals surface area contributed by atoms with Crippen LogP contribution in [0.15, 0.2) is 36.5 Å². The second-order valence-electron chi connectivity index (χ2n) is 11.0. The third kappa shape index (κ3) is 14.0. The van der Waals surface area contributed by atoms with E-state index in [-0.39, 0.29) is 24.4 Å². The molecule has 10 nitrogen and oxygen atoms in total. The number of halogens is 2. The van der Waals surface area contributed by atoms with Crippen molar-refractivity contribution in [2.75, 3.05) is 86.4 Å². The number of likely N-dealkylation sites (tertiary alicyclic amines) is 2. The number of pyridine rings is 1. The van der Waals surface area contributed by atoms with Crippen LogP contribution in [0.5, 0.6) is 5.75 Å². The highest BCUT2D eigenvalue weighted by Gasteiger charge is 2.27. The van der Waals surface area contributed by atoms with Crippen LogP contribution in [-0.2, 0) is 14.3 Å². The molecule has 0 aliphatic carbocycles. The summed E-state index contributed by atoms with van der Waals surface area (Å²) < 4.78 is 16.3. The van der Waals surface area contributed by atoms with Gasteiger partial charge in [-0.15, -0.1) is 0 Å². The lowest BCUT2D eigenvalue weighted by atomic mass is 9.92. The first-order valence-corrected chi connectivity index (χ1v) is 17.1. The molecule has 2 aliphatic heterocycles. The molecule has 1 N–H and O–H groups in total. The third-order valence-electron chi connectivity index (χ3n) is 7.84. The van der Waals surface area contributed by atoms with Gasteiger partial charge in [0.05, 0.1) is 25.5 Å². The Kier molecular flexibility index (Phi) is 19.6. The summed E-state index contributed by atoms with van der Waals surface area (Å²) in [6.07, 6.45) is 6.02. The minimum absolute atomic E-state index is 0.0194. The van der Waals surface area contributed by atoms with Crippen LogP contribution in [0, 0.1) is 6.92 Å². The first-order valence-electron chi connectivity index (χ1n) is 16.3. The van der Waals surface area contributed by atoms with Gasteiger partial charge in [-0.2, -0.15) is 0 Å². The average molecular weight is 683 g/mol. The fourth-order valence-electron chi connectivity index (χ4n) is 5.18. The number of benzene rings is 1. The van der Waals surface area contributed by atoms with Crippen molar-refractivity contribution in [3.63, 3.8) is 0 Å². The molecule has 258 valence electrons. The van der Waals surface area contributed by atoms with Gasteiger partial charge in [-0.25, -0.2) is 4.79 Å². The van der Waals surface area contributed by atoms with E-state index in [9.17, 15) is 9.59 Å². The van der Waals surface area contributed by atoms with E-state index in [0.717, 1.165) is 54.5 Å². The maximum atomic E-state index is 12.7. The van der Waals surface area contributed by atoms with E-state index in [1.165, 1.54) is 12.8 Å². The Morgan fingerprint density at radius 3 is 2.22 bits per heavy atom. The predicted octanol–water partition coefficient (Wildman–Crippen LogP) is 5.89. The number of piperidine rings is 1. The molecule has 12 heteroatoms. The monoisotopic (exact) mass is 681 g/mol. The molecule has 2 fully saturated rings. The Hall–Kier alpha value is -2.63. The molecular formula is C34H53Cl2N5O5. The van der Waals surface area contributed by atoms with E-state index in [1.807, 2.05) is 56.1 Å². The maximum absolute atomic E-state index is 12.7. The van der Waals surface area contributed by atoms with Crippen molar-refractivity contribution in [2.45, 2.75) is 52.4 Å². The molecule has 46 heavy (non-hydrogen) atoms. The molecule has 1 aromatic carbocycles. The fourth-order valence-corrected chi connectivity index (χ4v) is 5.59. The van der Waals surface area contributed by atoms with Crippen LogP contribution < -0.4 is 10.1 Å². The molecule has 2 aliphatic rings. The molecule has 3 heterocycles. The van der Waals surface area contributed by atoms with E-state index in [1.54, 1.807) is 25.2 Å². The van der Waals surface area contributed by atoms with E-state index < -0.39 is 0 Å². The Balaban J connectivity index is 0.000000569. The van der Waals surface area contributed by atoms with Crippen LogP contribution in [0.1, 0.15) is 56.7 Å². The van der Waals surface area contributed by atoms with Crippen molar-refractivity contribution in [1.82, 2.24) is 25.0 Å². The highest BCUT2D eigenvalue weighted by molar-refractivity contribution is 6.35. The fraction of sp³-hybridized carbons (Fsp3) is 0.618. The Morgan fingerprint density at radius 2 is 1.63 bits per heavy atom. The number of hydrogen-bond donors (Lipinski definition) is 1. The summed E-state index contributed by atoms with van der Waals surface area (Å²) in [5, 5.41) is 4.15. The van der Waals surface area contributed by atoms with Crippen LogP contribution in [0.2, 0.25) is 10.0 Å². The highest BCUT2D eigenvalue weighted by atomic mass is 35.5. The number of rotatable bonds is 13. The summed E-state index contributed by atoms with van der Waals surface area (Å²) in [6.45, 7) is 12.9. The van der Waals surface area contributed by atoms with E-state index in [4.69, 9.17) is 37.4 Å². The van der Waals surface area contributed by atoms with Crippen LogP contribution in [0.4, 0.5) is 4.79 Å². The highest BCUT2D eigenvalue weighted by Crippen LogP contribution is 2.32. The number of carbonyl (C=O) groups is 2. The van der Waals surface area contributed by atoms with Gasteiger partial charge in [0.15, 0.2) is 0 Å². The van der Waals surface area contributed by atoms with Gasteiger partial charge in [0.25, 0.3) is 0 Å². The summed E-state index contributed by atoms with van der Waals surface area (Å²) in [7, 11) is 3.18. The van der Waals surface area contributed by atoms with Gasteiger partial charge in [0.1, 0.15) is 12.4 Å². The van der Waals surface area contributed by atoms with Crippen molar-refractivity contribution in [3.8, 4) is 5.75 Å². The lowest BCUT2D eigenvalue weighted by molar-refractivity contribution is -0.131. The molecule has 4 rings (SSSR count). The molecular weight excluding hydrogens is 629 g/mol. The number of nitrogens with one attached hydrogen (secondary N) is 1. The van der Waals surface area contributed by atoms with Crippen molar-refractivity contribution < 1.29 is 23.8 Å². The Bertz CT molecular complexity index is 1150. The molecule has 2 aromatic rings. The summed E-state index contributed by atoms with van der Waals surface area (Å²) in [6, 6.07) is 9.08. The van der Waals surface area contributed by atoms with Crippen LogP contribution in [-0.4, -0.2) is 118 Å². The first kappa shape index (κ1) is 39.5. The minimum Gasteiger partial charge on any atom is -0.490 e. The van der Waals surface area contributed by atoms with Crippen molar-refractivity contribution >= 4 is 35.1 Å². The average Bonchev–Trinajstić information content (AvgIpc) is 3.61. The van der Waals surface area contributed by atoms with Gasteiger partial charge < -0.3 is 29.3 Å². The van der Waals surface area contributed by atoms with Crippen LogP contribution in [0.25, 0.3) is 0 Å². The van der Waals surface area contributed by atoms with Gasteiger partial charge in [-0.3, -0.25) is 14.7 Å². The third-order valence-corrected chi connectivity index (χ3v) is 8.48. The molecule has 1 aromatic heterocycles. The zero-order valence-electron chi connectivity index (χ0n) is 28.2. The number of amides is 3. The maximum Gasteiger partial charge on any atom is 0.317 e. The number of carbonyl (C=O) groups excluding carboxylic acids is 2. The largest absolute Gasteiger partial charge is 0.490 e. The van der Waals surface area contributed by atoms with Crippen LogP contribution >= 0.6 is 23.2 Å². The van der Waals surface area contributed by atoms with Gasteiger partial charge >= 0.3 is 6.03 Å².